The van der Waals surface area contributed by atoms with E-state index in [9.17, 15) is 4.79 Å². The number of carbonyl (C=O) groups excluding carboxylic acids is 1. The maximum atomic E-state index is 12.6. The number of amides is 1. The average Bonchev–Trinajstić information content (AvgIpc) is 3.08. The summed E-state index contributed by atoms with van der Waals surface area (Å²) in [6, 6.07) is 13.6. The normalized spacial score (nSPS) is 19.4. The molecule has 5 heteroatoms. The molecule has 2 unspecified atom stereocenters. The molecule has 1 aromatic heterocycles. The lowest BCUT2D eigenvalue weighted by Crippen LogP contribution is -2.14. The molecule has 0 bridgehead atoms. The molecule has 0 saturated carbocycles. The van der Waals surface area contributed by atoms with Gasteiger partial charge in [0.2, 0.25) is 0 Å². The fourth-order valence-electron chi connectivity index (χ4n) is 2.85. The zero-order valence-corrected chi connectivity index (χ0v) is 13.7. The van der Waals surface area contributed by atoms with Crippen LogP contribution in [0.2, 0.25) is 0 Å². The number of hydrogen-bond donors (Lipinski definition) is 1. The number of benzene rings is 2. The predicted molar refractivity (Wildman–Crippen MR) is 92.5 cm³/mol. The number of para-hydroxylation sites is 2. The van der Waals surface area contributed by atoms with Gasteiger partial charge < -0.3 is 4.74 Å². The number of ether oxygens (including phenoxy) is 1. The number of rotatable bonds is 2. The van der Waals surface area contributed by atoms with Crippen molar-refractivity contribution in [2.24, 2.45) is 0 Å². The molecule has 2 heterocycles. The van der Waals surface area contributed by atoms with Crippen molar-refractivity contribution in [3.05, 3.63) is 53.6 Å². The second kappa shape index (κ2) is 5.35. The highest BCUT2D eigenvalue weighted by atomic mass is 32.1. The maximum Gasteiger partial charge on any atom is 0.261 e. The van der Waals surface area contributed by atoms with E-state index in [2.05, 4.69) is 17.2 Å². The molecule has 4 nitrogen and oxygen atoms in total. The second-order valence-electron chi connectivity index (χ2n) is 5.78. The molecule has 1 aliphatic rings. The third-order valence-corrected chi connectivity index (χ3v) is 5.25. The van der Waals surface area contributed by atoms with Crippen LogP contribution >= 0.6 is 11.3 Å². The molecule has 1 amide bonds. The van der Waals surface area contributed by atoms with Crippen LogP contribution in [0.4, 0.5) is 5.13 Å². The first-order chi connectivity index (χ1) is 11.1. The van der Waals surface area contributed by atoms with Gasteiger partial charge in [-0.3, -0.25) is 10.1 Å². The van der Waals surface area contributed by atoms with E-state index in [0.29, 0.717) is 22.4 Å². The van der Waals surface area contributed by atoms with Crippen LogP contribution in [0.1, 0.15) is 35.7 Å². The largest absolute Gasteiger partial charge is 0.489 e. The molecule has 0 radical (unpaired) electrons. The van der Waals surface area contributed by atoms with Gasteiger partial charge in [0.05, 0.1) is 15.8 Å². The van der Waals surface area contributed by atoms with Gasteiger partial charge >= 0.3 is 0 Å². The van der Waals surface area contributed by atoms with Gasteiger partial charge in [0.25, 0.3) is 5.91 Å². The van der Waals surface area contributed by atoms with Crippen molar-refractivity contribution < 1.29 is 9.53 Å². The van der Waals surface area contributed by atoms with Crippen LogP contribution in [-0.2, 0) is 0 Å². The lowest BCUT2D eigenvalue weighted by Gasteiger charge is -2.08. The highest BCUT2D eigenvalue weighted by molar-refractivity contribution is 7.22. The van der Waals surface area contributed by atoms with Gasteiger partial charge in [-0.15, -0.1) is 0 Å². The first-order valence-corrected chi connectivity index (χ1v) is 8.41. The Morgan fingerprint density at radius 3 is 2.83 bits per heavy atom. The summed E-state index contributed by atoms with van der Waals surface area (Å²) in [6.07, 6.45) is 0.0846. The van der Waals surface area contributed by atoms with E-state index in [1.165, 1.54) is 11.3 Å². The molecule has 23 heavy (non-hydrogen) atoms. The highest BCUT2D eigenvalue weighted by Gasteiger charge is 2.31. The van der Waals surface area contributed by atoms with Crippen LogP contribution in [0.25, 0.3) is 10.2 Å². The van der Waals surface area contributed by atoms with Crippen molar-refractivity contribution in [3.8, 4) is 5.75 Å². The van der Waals surface area contributed by atoms with Crippen LogP contribution in [0.15, 0.2) is 42.5 Å². The molecule has 116 valence electrons. The summed E-state index contributed by atoms with van der Waals surface area (Å²) in [5.41, 5.74) is 2.55. The lowest BCUT2D eigenvalue weighted by atomic mass is 9.97. The monoisotopic (exact) mass is 324 g/mol. The maximum absolute atomic E-state index is 12.6. The fraction of sp³-hybridized carbons (Fsp3) is 0.222. The average molecular weight is 324 g/mol. The Bertz CT molecular complexity index is 870. The summed E-state index contributed by atoms with van der Waals surface area (Å²) in [5.74, 6) is 0.813. The van der Waals surface area contributed by atoms with Crippen molar-refractivity contribution in [1.82, 2.24) is 4.98 Å². The molecule has 4 rings (SSSR count). The van der Waals surface area contributed by atoms with E-state index in [1.54, 1.807) is 6.07 Å². The number of thiazole rings is 1. The SMILES string of the molecule is CC1Oc2c(C(=O)Nc3nc4ccccc4s3)cccc2C1C. The molecule has 1 aliphatic heterocycles. The van der Waals surface area contributed by atoms with Gasteiger partial charge in [-0.05, 0) is 25.1 Å². The lowest BCUT2D eigenvalue weighted by molar-refractivity contribution is 0.102. The van der Waals surface area contributed by atoms with Gasteiger partial charge in [0, 0.05) is 11.5 Å². The minimum atomic E-state index is -0.179. The highest BCUT2D eigenvalue weighted by Crippen LogP contribution is 2.40. The summed E-state index contributed by atoms with van der Waals surface area (Å²) in [4.78, 5) is 17.1. The van der Waals surface area contributed by atoms with E-state index >= 15 is 0 Å². The van der Waals surface area contributed by atoms with Gasteiger partial charge in [-0.1, -0.05) is 42.5 Å². The number of hydrogen-bond acceptors (Lipinski definition) is 4. The molecule has 0 spiro atoms. The first kappa shape index (κ1) is 14.2. The molecule has 0 fully saturated rings. The number of fused-ring (bicyclic) bond motifs is 2. The van der Waals surface area contributed by atoms with E-state index in [1.807, 2.05) is 43.3 Å². The minimum Gasteiger partial charge on any atom is -0.489 e. The summed E-state index contributed by atoms with van der Waals surface area (Å²) in [6.45, 7) is 4.14. The third kappa shape index (κ3) is 2.37. The summed E-state index contributed by atoms with van der Waals surface area (Å²) >= 11 is 1.47. The van der Waals surface area contributed by atoms with E-state index in [0.717, 1.165) is 15.8 Å². The van der Waals surface area contributed by atoms with Crippen LogP contribution < -0.4 is 10.1 Å². The van der Waals surface area contributed by atoms with E-state index in [-0.39, 0.29) is 12.0 Å². The zero-order chi connectivity index (χ0) is 16.0. The van der Waals surface area contributed by atoms with E-state index in [4.69, 9.17) is 4.74 Å². The summed E-state index contributed by atoms with van der Waals surface area (Å²) < 4.78 is 6.95. The Balaban J connectivity index is 1.65. The van der Waals surface area contributed by atoms with Gasteiger partial charge in [0.15, 0.2) is 5.13 Å². The molecule has 1 N–H and O–H groups in total. The summed E-state index contributed by atoms with van der Waals surface area (Å²) in [5, 5.41) is 3.50. The second-order valence-corrected chi connectivity index (χ2v) is 6.81. The third-order valence-electron chi connectivity index (χ3n) is 4.30. The molecule has 2 atom stereocenters. The van der Waals surface area contributed by atoms with Crippen LogP contribution in [-0.4, -0.2) is 17.0 Å². The van der Waals surface area contributed by atoms with Crippen LogP contribution in [0.3, 0.4) is 0 Å². The smallest absolute Gasteiger partial charge is 0.261 e. The van der Waals surface area contributed by atoms with Crippen LogP contribution in [0.5, 0.6) is 5.75 Å². The van der Waals surface area contributed by atoms with Gasteiger partial charge in [-0.25, -0.2) is 4.98 Å². The van der Waals surface area contributed by atoms with Crippen molar-refractivity contribution in [1.29, 1.82) is 0 Å². The van der Waals surface area contributed by atoms with Crippen molar-refractivity contribution in [2.75, 3.05) is 5.32 Å². The first-order valence-electron chi connectivity index (χ1n) is 7.60. The molecular weight excluding hydrogens is 308 g/mol. The Morgan fingerprint density at radius 1 is 1.17 bits per heavy atom. The number of carbonyl (C=O) groups is 1. The zero-order valence-electron chi connectivity index (χ0n) is 12.9. The molecule has 3 aromatic rings. The fourth-order valence-corrected chi connectivity index (χ4v) is 3.72. The van der Waals surface area contributed by atoms with E-state index < -0.39 is 0 Å². The Kier molecular flexibility index (Phi) is 3.31. The van der Waals surface area contributed by atoms with Gasteiger partial charge in [0.1, 0.15) is 11.9 Å². The number of aromatic nitrogens is 1. The van der Waals surface area contributed by atoms with Crippen molar-refractivity contribution >= 4 is 32.6 Å². The quantitative estimate of drug-likeness (QED) is 0.758. The predicted octanol–water partition coefficient (Wildman–Crippen LogP) is 4.43. The van der Waals surface area contributed by atoms with Crippen molar-refractivity contribution in [3.63, 3.8) is 0 Å². The van der Waals surface area contributed by atoms with Crippen LogP contribution in [0, 0.1) is 0 Å². The van der Waals surface area contributed by atoms with Crippen molar-refractivity contribution in [2.45, 2.75) is 25.9 Å². The standard InChI is InChI=1S/C18H16N2O2S/c1-10-11(2)22-16-12(10)6-5-7-13(16)17(21)20-18-19-14-8-3-4-9-15(14)23-18/h3-11H,1-2H3,(H,19,20,21). The van der Waals surface area contributed by atoms with Gasteiger partial charge in [-0.2, -0.15) is 0 Å². The number of nitrogens with one attached hydrogen (secondary N) is 1. The summed E-state index contributed by atoms with van der Waals surface area (Å²) in [7, 11) is 0. The minimum absolute atomic E-state index is 0.0846. The Labute approximate surface area is 138 Å². The Hall–Kier alpha value is -2.40. The Morgan fingerprint density at radius 2 is 2.00 bits per heavy atom. The topological polar surface area (TPSA) is 51.2 Å². The molecule has 0 aliphatic carbocycles. The number of anilines is 1. The molecule has 2 aromatic carbocycles. The molecular formula is C18H16N2O2S. The number of nitrogens with zero attached hydrogens (tertiary/aromatic N) is 1. The molecule has 0 saturated heterocycles.